The standard InChI is InChI=1S/C22H42N2O4S/c1-2-3-4-5-6-7-8-9-10-11-12-13-14-15-16-22(24-19-18-23-21-24)17-20-28-29(25,26)27/h15-16,21-22H,2-14,17-20H2,1H3,(H,25,26,27). The van der Waals surface area contributed by atoms with E-state index in [0.29, 0.717) is 6.42 Å². The van der Waals surface area contributed by atoms with Crippen molar-refractivity contribution in [2.24, 2.45) is 4.99 Å². The molecule has 0 saturated carbocycles. The number of unbranched alkanes of at least 4 members (excludes halogenated alkanes) is 12. The molecule has 0 aromatic carbocycles. The summed E-state index contributed by atoms with van der Waals surface area (Å²) in [5, 5.41) is 0. The third-order valence-electron chi connectivity index (χ3n) is 5.37. The molecule has 1 heterocycles. The highest BCUT2D eigenvalue weighted by atomic mass is 32.3. The second-order valence-electron chi connectivity index (χ2n) is 7.97. The Bertz CT molecular complexity index is 549. The van der Waals surface area contributed by atoms with Crippen molar-refractivity contribution in [3.05, 3.63) is 12.2 Å². The van der Waals surface area contributed by atoms with Gasteiger partial charge in [-0.3, -0.25) is 9.55 Å². The number of hydrogen-bond donors (Lipinski definition) is 1. The molecule has 0 amide bonds. The maximum absolute atomic E-state index is 10.7. The molecular formula is C22H42N2O4S. The molecule has 0 aromatic heterocycles. The third kappa shape index (κ3) is 15.6. The fourth-order valence-electron chi connectivity index (χ4n) is 3.65. The molecule has 1 atom stereocenters. The fraction of sp³-hybridized carbons (Fsp3) is 0.864. The van der Waals surface area contributed by atoms with Crippen molar-refractivity contribution >= 4 is 16.7 Å². The van der Waals surface area contributed by atoms with Crippen LogP contribution in [0.15, 0.2) is 17.1 Å². The van der Waals surface area contributed by atoms with E-state index in [1.165, 1.54) is 77.0 Å². The van der Waals surface area contributed by atoms with E-state index in [4.69, 9.17) is 4.55 Å². The average molecular weight is 431 g/mol. The first-order valence-corrected chi connectivity index (χ1v) is 12.9. The summed E-state index contributed by atoms with van der Waals surface area (Å²) >= 11 is 0. The van der Waals surface area contributed by atoms with Crippen molar-refractivity contribution in [2.45, 2.75) is 103 Å². The first kappa shape index (κ1) is 26.1. The minimum atomic E-state index is -4.37. The van der Waals surface area contributed by atoms with Gasteiger partial charge in [-0.05, 0) is 19.3 Å². The van der Waals surface area contributed by atoms with Gasteiger partial charge in [-0.25, -0.2) is 4.18 Å². The van der Waals surface area contributed by atoms with Crippen molar-refractivity contribution < 1.29 is 17.2 Å². The van der Waals surface area contributed by atoms with Crippen molar-refractivity contribution in [3.8, 4) is 0 Å². The normalized spacial score (nSPS) is 15.6. The minimum absolute atomic E-state index is 0.0310. The fourth-order valence-corrected chi connectivity index (χ4v) is 3.96. The number of allylic oxidation sites excluding steroid dienone is 1. The predicted molar refractivity (Wildman–Crippen MR) is 121 cm³/mol. The molecule has 0 saturated heterocycles. The Morgan fingerprint density at radius 2 is 1.62 bits per heavy atom. The van der Waals surface area contributed by atoms with Gasteiger partial charge in [0.2, 0.25) is 0 Å². The molecule has 1 aliphatic heterocycles. The quantitative estimate of drug-likeness (QED) is 0.165. The van der Waals surface area contributed by atoms with Gasteiger partial charge >= 0.3 is 10.4 Å². The highest BCUT2D eigenvalue weighted by molar-refractivity contribution is 7.80. The van der Waals surface area contributed by atoms with Crippen LogP contribution in [0.1, 0.15) is 96.8 Å². The lowest BCUT2D eigenvalue weighted by atomic mass is 10.0. The van der Waals surface area contributed by atoms with Crippen molar-refractivity contribution in [1.82, 2.24) is 4.90 Å². The molecule has 1 N–H and O–H groups in total. The van der Waals surface area contributed by atoms with E-state index < -0.39 is 10.4 Å². The third-order valence-corrected chi connectivity index (χ3v) is 5.84. The Balaban J connectivity index is 2.05. The van der Waals surface area contributed by atoms with Gasteiger partial charge in [0.25, 0.3) is 0 Å². The van der Waals surface area contributed by atoms with Crippen LogP contribution in [0.5, 0.6) is 0 Å². The highest BCUT2D eigenvalue weighted by Crippen LogP contribution is 2.14. The van der Waals surface area contributed by atoms with Gasteiger partial charge in [0.1, 0.15) is 0 Å². The topological polar surface area (TPSA) is 79.2 Å². The van der Waals surface area contributed by atoms with Crippen LogP contribution in [-0.2, 0) is 14.6 Å². The monoisotopic (exact) mass is 430 g/mol. The lowest BCUT2D eigenvalue weighted by molar-refractivity contribution is 0.240. The Hall–Kier alpha value is -0.920. The van der Waals surface area contributed by atoms with E-state index >= 15 is 0 Å². The molecule has 1 unspecified atom stereocenters. The van der Waals surface area contributed by atoms with E-state index in [9.17, 15) is 8.42 Å². The highest BCUT2D eigenvalue weighted by Gasteiger charge is 2.16. The summed E-state index contributed by atoms with van der Waals surface area (Å²) in [4.78, 5) is 6.31. The molecule has 0 aliphatic carbocycles. The van der Waals surface area contributed by atoms with Crippen molar-refractivity contribution in [3.63, 3.8) is 0 Å². The van der Waals surface area contributed by atoms with E-state index in [1.54, 1.807) is 0 Å². The first-order chi connectivity index (χ1) is 14.0. The van der Waals surface area contributed by atoms with Gasteiger partial charge in [0.15, 0.2) is 0 Å². The zero-order valence-electron chi connectivity index (χ0n) is 18.3. The van der Waals surface area contributed by atoms with Gasteiger partial charge in [-0.2, -0.15) is 8.42 Å². The van der Waals surface area contributed by atoms with E-state index in [1.807, 2.05) is 6.34 Å². The lowest BCUT2D eigenvalue weighted by Gasteiger charge is -2.23. The molecule has 1 rings (SSSR count). The summed E-state index contributed by atoms with van der Waals surface area (Å²) < 4.78 is 34.6. The molecule has 170 valence electrons. The van der Waals surface area contributed by atoms with Gasteiger partial charge in [-0.15, -0.1) is 0 Å². The van der Waals surface area contributed by atoms with Gasteiger partial charge in [0, 0.05) is 6.54 Å². The van der Waals surface area contributed by atoms with Gasteiger partial charge in [0.05, 0.1) is 25.5 Å². The van der Waals surface area contributed by atoms with E-state index in [0.717, 1.165) is 19.5 Å². The zero-order valence-corrected chi connectivity index (χ0v) is 19.1. The minimum Gasteiger partial charge on any atom is -0.355 e. The maximum Gasteiger partial charge on any atom is 0.397 e. The van der Waals surface area contributed by atoms with Crippen LogP contribution in [-0.4, -0.2) is 49.9 Å². The molecule has 29 heavy (non-hydrogen) atoms. The first-order valence-electron chi connectivity index (χ1n) is 11.6. The smallest absolute Gasteiger partial charge is 0.355 e. The van der Waals surface area contributed by atoms with Crippen LogP contribution >= 0.6 is 0 Å². The average Bonchev–Trinajstić information content (AvgIpc) is 3.20. The molecule has 0 aromatic rings. The SMILES string of the molecule is CCCCCCCCCCCCCCC=CC(CCOS(=O)(=O)O)N1C=NCC1. The maximum atomic E-state index is 10.7. The van der Waals surface area contributed by atoms with Crippen LogP contribution in [0.2, 0.25) is 0 Å². The van der Waals surface area contributed by atoms with Gasteiger partial charge in [-0.1, -0.05) is 89.7 Å². The lowest BCUT2D eigenvalue weighted by Crippen LogP contribution is -2.32. The summed E-state index contributed by atoms with van der Waals surface area (Å²) in [6, 6.07) is 0.0559. The van der Waals surface area contributed by atoms with Crippen LogP contribution in [0.25, 0.3) is 0 Å². The number of rotatable bonds is 19. The number of hydrogen-bond acceptors (Lipinski definition) is 5. The Labute approximate surface area is 178 Å². The molecule has 7 heteroatoms. The van der Waals surface area contributed by atoms with Crippen molar-refractivity contribution in [1.29, 1.82) is 0 Å². The summed E-state index contributed by atoms with van der Waals surface area (Å²) in [7, 11) is -4.37. The molecule has 0 radical (unpaired) electrons. The second kappa shape index (κ2) is 16.8. The second-order valence-corrected chi connectivity index (χ2v) is 9.06. The molecule has 0 fully saturated rings. The Morgan fingerprint density at radius 3 is 2.14 bits per heavy atom. The number of nitrogens with zero attached hydrogens (tertiary/aromatic N) is 2. The summed E-state index contributed by atoms with van der Waals surface area (Å²) in [5.74, 6) is 0. The van der Waals surface area contributed by atoms with E-state index in [2.05, 4.69) is 33.2 Å². The predicted octanol–water partition coefficient (Wildman–Crippen LogP) is 5.56. The van der Waals surface area contributed by atoms with Crippen LogP contribution in [0.4, 0.5) is 0 Å². The van der Waals surface area contributed by atoms with Crippen LogP contribution < -0.4 is 0 Å². The summed E-state index contributed by atoms with van der Waals surface area (Å²) in [6.45, 7) is 3.83. The van der Waals surface area contributed by atoms with E-state index in [-0.39, 0.29) is 12.6 Å². The Morgan fingerprint density at radius 1 is 1.03 bits per heavy atom. The molecule has 6 nitrogen and oxygen atoms in total. The largest absolute Gasteiger partial charge is 0.397 e. The molecule has 0 spiro atoms. The van der Waals surface area contributed by atoms with Crippen LogP contribution in [0.3, 0.4) is 0 Å². The number of aliphatic imine (C=N–C) groups is 1. The molecule has 0 bridgehead atoms. The Kier molecular flexibility index (Phi) is 15.2. The summed E-state index contributed by atoms with van der Waals surface area (Å²) in [6.07, 6.45) is 23.8. The van der Waals surface area contributed by atoms with Gasteiger partial charge < -0.3 is 4.90 Å². The zero-order chi connectivity index (χ0) is 21.2. The summed E-state index contributed by atoms with van der Waals surface area (Å²) in [5.41, 5.74) is 0. The van der Waals surface area contributed by atoms with Crippen molar-refractivity contribution in [2.75, 3.05) is 19.7 Å². The molecule has 1 aliphatic rings. The van der Waals surface area contributed by atoms with Crippen LogP contribution in [0, 0.1) is 0 Å². The molecular weight excluding hydrogens is 388 g/mol.